The molecule has 7 heteroatoms. The van der Waals surface area contributed by atoms with E-state index in [0.29, 0.717) is 32.9 Å². The number of hydrogen-bond donors (Lipinski definition) is 1. The molecule has 2 rings (SSSR count). The van der Waals surface area contributed by atoms with Gasteiger partial charge in [-0.3, -0.25) is 9.74 Å². The van der Waals surface area contributed by atoms with E-state index in [0.717, 1.165) is 32.8 Å². The van der Waals surface area contributed by atoms with Gasteiger partial charge in [-0.05, 0) is 0 Å². The lowest BCUT2D eigenvalue weighted by atomic mass is 10.4. The normalized spacial score (nSPS) is 21.9. The Bertz CT molecular complexity index is 253. The third kappa shape index (κ3) is 4.41. The zero-order chi connectivity index (χ0) is 12.6. The van der Waals surface area contributed by atoms with Crippen LogP contribution in [0.25, 0.3) is 0 Å². The third-order valence-corrected chi connectivity index (χ3v) is 3.07. The summed E-state index contributed by atoms with van der Waals surface area (Å²) >= 11 is 0. The maximum Gasteiger partial charge on any atom is 0.341 e. The number of urea groups is 1. The molecular weight excluding hydrogens is 238 g/mol. The van der Waals surface area contributed by atoms with E-state index in [1.54, 1.807) is 4.90 Å². The van der Waals surface area contributed by atoms with Crippen molar-refractivity contribution in [3.8, 4) is 0 Å². The van der Waals surface area contributed by atoms with Gasteiger partial charge in [-0.25, -0.2) is 10.3 Å². The lowest BCUT2D eigenvalue weighted by Crippen LogP contribution is -2.46. The average molecular weight is 259 g/mol. The molecule has 2 amide bonds. The molecule has 2 fully saturated rings. The second-order valence-corrected chi connectivity index (χ2v) is 4.31. The summed E-state index contributed by atoms with van der Waals surface area (Å²) in [5.41, 5.74) is 2.47. The van der Waals surface area contributed by atoms with Crippen LogP contribution in [-0.2, 0) is 14.3 Å². The molecule has 18 heavy (non-hydrogen) atoms. The zero-order valence-electron chi connectivity index (χ0n) is 10.6. The number of nitrogens with one attached hydrogen (secondary N) is 1. The highest BCUT2D eigenvalue weighted by Crippen LogP contribution is 1.98. The molecule has 0 spiro atoms. The Kier molecular flexibility index (Phi) is 5.66. The molecule has 2 heterocycles. The van der Waals surface area contributed by atoms with Crippen LogP contribution < -0.4 is 5.48 Å². The molecule has 2 saturated heterocycles. The minimum Gasteiger partial charge on any atom is -0.379 e. The molecule has 0 aromatic rings. The summed E-state index contributed by atoms with van der Waals surface area (Å²) in [6.45, 7) is 7.17. The highest BCUT2D eigenvalue weighted by atomic mass is 16.7. The Morgan fingerprint density at radius 1 is 1.06 bits per heavy atom. The maximum absolute atomic E-state index is 11.6. The van der Waals surface area contributed by atoms with Gasteiger partial charge in [-0.2, -0.15) is 0 Å². The van der Waals surface area contributed by atoms with E-state index in [9.17, 15) is 4.79 Å². The molecular formula is C11H21N3O4. The number of hydroxylamine groups is 1. The standard InChI is InChI=1S/C11H21N3O4/c15-11(14-4-8-17-9-5-14)12-18-10-3-13-1-6-16-7-2-13/h1-10H2,(H,12,15). The number of rotatable bonds is 4. The van der Waals surface area contributed by atoms with Gasteiger partial charge < -0.3 is 14.4 Å². The van der Waals surface area contributed by atoms with Gasteiger partial charge in [0, 0.05) is 32.7 Å². The number of ether oxygens (including phenoxy) is 2. The second-order valence-electron chi connectivity index (χ2n) is 4.31. The summed E-state index contributed by atoms with van der Waals surface area (Å²) < 4.78 is 10.4. The first-order chi connectivity index (χ1) is 8.86. The molecule has 7 nitrogen and oxygen atoms in total. The highest BCUT2D eigenvalue weighted by Gasteiger charge is 2.16. The van der Waals surface area contributed by atoms with E-state index < -0.39 is 0 Å². The van der Waals surface area contributed by atoms with Gasteiger partial charge >= 0.3 is 6.03 Å². The fraction of sp³-hybridized carbons (Fsp3) is 0.909. The van der Waals surface area contributed by atoms with Crippen LogP contribution >= 0.6 is 0 Å². The fourth-order valence-corrected chi connectivity index (χ4v) is 1.94. The Balaban J connectivity index is 1.52. The van der Waals surface area contributed by atoms with Crippen LogP contribution in [0.5, 0.6) is 0 Å². The minimum atomic E-state index is -0.180. The summed E-state index contributed by atoms with van der Waals surface area (Å²) in [6, 6.07) is -0.180. The highest BCUT2D eigenvalue weighted by molar-refractivity contribution is 5.73. The lowest BCUT2D eigenvalue weighted by molar-refractivity contribution is -0.00556. The van der Waals surface area contributed by atoms with Gasteiger partial charge in [-0.1, -0.05) is 0 Å². The predicted octanol–water partition coefficient (Wildman–Crippen LogP) is -0.708. The van der Waals surface area contributed by atoms with Crippen LogP contribution in [0.3, 0.4) is 0 Å². The van der Waals surface area contributed by atoms with Crippen molar-refractivity contribution >= 4 is 6.03 Å². The first kappa shape index (κ1) is 13.5. The van der Waals surface area contributed by atoms with E-state index in [-0.39, 0.29) is 6.03 Å². The van der Waals surface area contributed by atoms with Crippen molar-refractivity contribution < 1.29 is 19.1 Å². The van der Waals surface area contributed by atoms with Crippen molar-refractivity contribution in [2.75, 3.05) is 65.8 Å². The summed E-state index contributed by atoms with van der Waals surface area (Å²) in [5.74, 6) is 0. The number of amides is 2. The van der Waals surface area contributed by atoms with Gasteiger partial charge in [0.1, 0.15) is 0 Å². The van der Waals surface area contributed by atoms with Crippen LogP contribution in [-0.4, -0.2) is 81.6 Å². The van der Waals surface area contributed by atoms with Crippen molar-refractivity contribution in [1.29, 1.82) is 0 Å². The summed E-state index contributed by atoms with van der Waals surface area (Å²) in [4.78, 5) is 20.8. The zero-order valence-corrected chi connectivity index (χ0v) is 10.6. The number of hydrogen-bond acceptors (Lipinski definition) is 5. The lowest BCUT2D eigenvalue weighted by Gasteiger charge is -2.28. The number of morpholine rings is 2. The molecule has 2 aliphatic heterocycles. The first-order valence-electron chi connectivity index (χ1n) is 6.41. The SMILES string of the molecule is O=C(NOCCN1CCOCC1)N1CCOCC1. The second kappa shape index (κ2) is 7.52. The number of carbonyl (C=O) groups is 1. The number of carbonyl (C=O) groups excluding carboxylic acids is 1. The molecule has 0 aromatic heterocycles. The van der Waals surface area contributed by atoms with Crippen molar-refractivity contribution in [3.05, 3.63) is 0 Å². The summed E-state index contributed by atoms with van der Waals surface area (Å²) in [6.07, 6.45) is 0. The Hall–Kier alpha value is -0.890. The van der Waals surface area contributed by atoms with Gasteiger partial charge in [-0.15, -0.1) is 0 Å². The van der Waals surface area contributed by atoms with Crippen LogP contribution in [0, 0.1) is 0 Å². The molecule has 104 valence electrons. The molecule has 0 bridgehead atoms. The van der Waals surface area contributed by atoms with Gasteiger partial charge in [0.05, 0.1) is 33.0 Å². The molecule has 1 N–H and O–H groups in total. The Morgan fingerprint density at radius 2 is 1.67 bits per heavy atom. The van der Waals surface area contributed by atoms with Crippen molar-refractivity contribution in [2.24, 2.45) is 0 Å². The molecule has 0 unspecified atom stereocenters. The van der Waals surface area contributed by atoms with Crippen LogP contribution in [0.2, 0.25) is 0 Å². The van der Waals surface area contributed by atoms with E-state index in [1.165, 1.54) is 0 Å². The average Bonchev–Trinajstić information content (AvgIpc) is 2.45. The van der Waals surface area contributed by atoms with Crippen LogP contribution in [0.4, 0.5) is 4.79 Å². The van der Waals surface area contributed by atoms with E-state index in [4.69, 9.17) is 14.3 Å². The van der Waals surface area contributed by atoms with E-state index in [1.807, 2.05) is 0 Å². The topological polar surface area (TPSA) is 63.3 Å². The summed E-state index contributed by atoms with van der Waals surface area (Å²) in [7, 11) is 0. The maximum atomic E-state index is 11.6. The molecule has 2 aliphatic rings. The van der Waals surface area contributed by atoms with Gasteiger partial charge in [0.15, 0.2) is 0 Å². The molecule has 0 aromatic carbocycles. The minimum absolute atomic E-state index is 0.180. The monoisotopic (exact) mass is 259 g/mol. The van der Waals surface area contributed by atoms with Gasteiger partial charge in [0.25, 0.3) is 0 Å². The molecule has 0 atom stereocenters. The first-order valence-corrected chi connectivity index (χ1v) is 6.41. The fourth-order valence-electron chi connectivity index (χ4n) is 1.94. The molecule has 0 radical (unpaired) electrons. The Labute approximate surface area is 107 Å². The van der Waals surface area contributed by atoms with Crippen molar-refractivity contribution in [2.45, 2.75) is 0 Å². The predicted molar refractivity (Wildman–Crippen MR) is 64.1 cm³/mol. The van der Waals surface area contributed by atoms with Crippen LogP contribution in [0.1, 0.15) is 0 Å². The largest absolute Gasteiger partial charge is 0.379 e. The van der Waals surface area contributed by atoms with E-state index >= 15 is 0 Å². The quantitative estimate of drug-likeness (QED) is 0.534. The third-order valence-electron chi connectivity index (χ3n) is 3.07. The molecule has 0 saturated carbocycles. The van der Waals surface area contributed by atoms with Crippen molar-refractivity contribution in [1.82, 2.24) is 15.3 Å². The Morgan fingerprint density at radius 3 is 2.33 bits per heavy atom. The van der Waals surface area contributed by atoms with E-state index in [2.05, 4.69) is 10.4 Å². The molecule has 0 aliphatic carbocycles. The smallest absolute Gasteiger partial charge is 0.341 e. The summed E-state index contributed by atoms with van der Waals surface area (Å²) in [5, 5.41) is 0. The van der Waals surface area contributed by atoms with Crippen molar-refractivity contribution in [3.63, 3.8) is 0 Å². The van der Waals surface area contributed by atoms with Crippen LogP contribution in [0.15, 0.2) is 0 Å². The van der Waals surface area contributed by atoms with Gasteiger partial charge in [0.2, 0.25) is 0 Å². The number of nitrogens with zero attached hydrogens (tertiary/aromatic N) is 2.